The van der Waals surface area contributed by atoms with Crippen LogP contribution in [0.15, 0.2) is 60.8 Å². The molecule has 0 saturated heterocycles. The molecule has 1 unspecified atom stereocenters. The van der Waals surface area contributed by atoms with Crippen LogP contribution in [0.2, 0.25) is 0 Å². The number of anilines is 1. The molecule has 0 saturated carbocycles. The molecule has 4 rings (SSSR count). The first-order chi connectivity index (χ1) is 13.0. The van der Waals surface area contributed by atoms with Gasteiger partial charge in [-0.05, 0) is 42.8 Å². The molecule has 2 heterocycles. The largest absolute Gasteiger partial charge is 0.372 e. The van der Waals surface area contributed by atoms with Crippen molar-refractivity contribution in [1.82, 2.24) is 14.7 Å². The summed E-state index contributed by atoms with van der Waals surface area (Å²) in [6.45, 7) is 3.32. The highest BCUT2D eigenvalue weighted by Crippen LogP contribution is 2.27. The van der Waals surface area contributed by atoms with Crippen LogP contribution in [0.4, 0.5) is 10.1 Å². The van der Waals surface area contributed by atoms with E-state index in [-0.39, 0.29) is 17.8 Å². The van der Waals surface area contributed by atoms with Gasteiger partial charge in [0.1, 0.15) is 5.82 Å². The van der Waals surface area contributed by atoms with Gasteiger partial charge in [-0.1, -0.05) is 24.3 Å². The third-order valence-corrected chi connectivity index (χ3v) is 4.96. The number of amides is 1. The van der Waals surface area contributed by atoms with Gasteiger partial charge in [-0.15, -0.1) is 0 Å². The van der Waals surface area contributed by atoms with Crippen LogP contribution >= 0.6 is 0 Å². The number of hydrogen-bond acceptors (Lipinski definition) is 3. The maximum Gasteiger partial charge on any atom is 0.274 e. The highest BCUT2D eigenvalue weighted by molar-refractivity contribution is 5.92. The average molecular weight is 364 g/mol. The molecule has 3 aromatic rings. The second-order valence-corrected chi connectivity index (χ2v) is 6.92. The highest BCUT2D eigenvalue weighted by Gasteiger charge is 2.28. The molecular formula is C21H21FN4O. The molecule has 2 aromatic carbocycles. The zero-order valence-electron chi connectivity index (χ0n) is 15.3. The summed E-state index contributed by atoms with van der Waals surface area (Å²) in [5, 5.41) is 4.38. The number of carbonyl (C=O) groups is 1. The van der Waals surface area contributed by atoms with Crippen molar-refractivity contribution >= 4 is 11.6 Å². The van der Waals surface area contributed by atoms with Crippen LogP contribution in [0.25, 0.3) is 5.69 Å². The lowest BCUT2D eigenvalue weighted by Gasteiger charge is -2.27. The maximum absolute atomic E-state index is 13.5. The van der Waals surface area contributed by atoms with E-state index in [0.29, 0.717) is 17.9 Å². The van der Waals surface area contributed by atoms with Crippen LogP contribution in [0.1, 0.15) is 23.0 Å². The first-order valence-electron chi connectivity index (χ1n) is 8.94. The van der Waals surface area contributed by atoms with Crippen LogP contribution in [-0.2, 0) is 6.54 Å². The molecule has 0 N–H and O–H groups in total. The zero-order chi connectivity index (χ0) is 19.0. The second kappa shape index (κ2) is 6.87. The second-order valence-electron chi connectivity index (χ2n) is 6.92. The molecule has 1 aliphatic rings. The average Bonchev–Trinajstić information content (AvgIpc) is 3.11. The first kappa shape index (κ1) is 17.3. The monoisotopic (exact) mass is 364 g/mol. The first-order valence-corrected chi connectivity index (χ1v) is 8.94. The van der Waals surface area contributed by atoms with Gasteiger partial charge < -0.3 is 9.80 Å². The molecule has 27 heavy (non-hydrogen) atoms. The predicted octanol–water partition coefficient (Wildman–Crippen LogP) is 3.49. The van der Waals surface area contributed by atoms with Crippen LogP contribution in [0.3, 0.4) is 0 Å². The third-order valence-electron chi connectivity index (χ3n) is 4.96. The van der Waals surface area contributed by atoms with Crippen molar-refractivity contribution in [3.05, 3.63) is 77.9 Å². The fraction of sp³-hybridized carbons (Fsp3) is 0.238. The van der Waals surface area contributed by atoms with Gasteiger partial charge in [0, 0.05) is 38.1 Å². The van der Waals surface area contributed by atoms with E-state index in [2.05, 4.69) is 22.1 Å². The minimum atomic E-state index is -0.336. The zero-order valence-corrected chi connectivity index (χ0v) is 15.3. The molecule has 0 fully saturated rings. The molecule has 0 spiro atoms. The molecule has 0 bridgehead atoms. The lowest BCUT2D eigenvalue weighted by Crippen LogP contribution is -2.42. The van der Waals surface area contributed by atoms with Crippen molar-refractivity contribution in [2.24, 2.45) is 0 Å². The molecule has 1 amide bonds. The third kappa shape index (κ3) is 3.30. The molecule has 1 atom stereocenters. The molecule has 0 aliphatic carbocycles. The quantitative estimate of drug-likeness (QED) is 0.699. The summed E-state index contributed by atoms with van der Waals surface area (Å²) < 4.78 is 15.0. The van der Waals surface area contributed by atoms with Crippen molar-refractivity contribution in [3.8, 4) is 5.69 Å². The fourth-order valence-corrected chi connectivity index (χ4v) is 3.57. The topological polar surface area (TPSA) is 41.4 Å². The summed E-state index contributed by atoms with van der Waals surface area (Å²) in [7, 11) is 2.04. The predicted molar refractivity (Wildman–Crippen MR) is 103 cm³/mol. The maximum atomic E-state index is 13.5. The van der Waals surface area contributed by atoms with Gasteiger partial charge in [0.25, 0.3) is 5.91 Å². The van der Waals surface area contributed by atoms with Gasteiger partial charge in [0.05, 0.1) is 5.69 Å². The molecule has 1 aliphatic heterocycles. The molecule has 1 aromatic heterocycles. The number of fused-ring (bicyclic) bond motifs is 1. The minimum absolute atomic E-state index is 0.0363. The number of nitrogens with zero attached hydrogens (tertiary/aromatic N) is 4. The van der Waals surface area contributed by atoms with Crippen molar-refractivity contribution in [2.45, 2.75) is 19.5 Å². The molecule has 5 nitrogen and oxygen atoms in total. The number of rotatable bonds is 2. The molecular weight excluding hydrogens is 343 g/mol. The van der Waals surface area contributed by atoms with E-state index in [9.17, 15) is 9.18 Å². The Morgan fingerprint density at radius 1 is 1.15 bits per heavy atom. The van der Waals surface area contributed by atoms with Crippen molar-refractivity contribution in [3.63, 3.8) is 0 Å². The Kier molecular flexibility index (Phi) is 4.39. The fourth-order valence-electron chi connectivity index (χ4n) is 3.57. The summed E-state index contributed by atoms with van der Waals surface area (Å²) in [5.41, 5.74) is 3.20. The Morgan fingerprint density at radius 3 is 2.78 bits per heavy atom. The number of carbonyl (C=O) groups excluding carboxylic acids is 1. The Labute approximate surface area is 157 Å². The van der Waals surface area contributed by atoms with Crippen molar-refractivity contribution in [2.75, 3.05) is 18.5 Å². The minimum Gasteiger partial charge on any atom is -0.372 e. The lowest BCUT2D eigenvalue weighted by molar-refractivity contribution is 0.0680. The van der Waals surface area contributed by atoms with E-state index in [1.165, 1.54) is 16.8 Å². The van der Waals surface area contributed by atoms with Gasteiger partial charge in [-0.25, -0.2) is 9.07 Å². The van der Waals surface area contributed by atoms with Gasteiger partial charge in [0.15, 0.2) is 5.69 Å². The molecule has 138 valence electrons. The number of likely N-dealkylation sites (N-methyl/N-ethyl adjacent to an activating group) is 1. The van der Waals surface area contributed by atoms with E-state index in [0.717, 1.165) is 17.8 Å². The molecule has 6 heteroatoms. The summed E-state index contributed by atoms with van der Waals surface area (Å²) in [6.07, 6.45) is 1.69. The SMILES string of the molecule is CC1CN(C)c2ccccc2CN1C(=O)c1ccn(-c2cccc(F)c2)n1. The van der Waals surface area contributed by atoms with Crippen LogP contribution < -0.4 is 4.90 Å². The van der Waals surface area contributed by atoms with Gasteiger partial charge >= 0.3 is 0 Å². The van der Waals surface area contributed by atoms with Crippen molar-refractivity contribution in [1.29, 1.82) is 0 Å². The standard InChI is InChI=1S/C21H21FN4O/c1-15-13-24(2)20-9-4-3-6-16(20)14-25(15)21(27)19-10-11-26(23-19)18-8-5-7-17(22)12-18/h3-12,15H,13-14H2,1-2H3. The Hall–Kier alpha value is -3.15. The Balaban J connectivity index is 1.63. The van der Waals surface area contributed by atoms with E-state index in [4.69, 9.17) is 0 Å². The van der Waals surface area contributed by atoms with Gasteiger partial charge in [0.2, 0.25) is 0 Å². The number of benzene rings is 2. The van der Waals surface area contributed by atoms with Gasteiger partial charge in [-0.2, -0.15) is 5.10 Å². The lowest BCUT2D eigenvalue weighted by atomic mass is 10.1. The Bertz CT molecular complexity index is 984. The summed E-state index contributed by atoms with van der Waals surface area (Å²) >= 11 is 0. The summed E-state index contributed by atoms with van der Waals surface area (Å²) in [6, 6.07) is 16.0. The number of aromatic nitrogens is 2. The van der Waals surface area contributed by atoms with Crippen LogP contribution in [0.5, 0.6) is 0 Å². The number of halogens is 1. The van der Waals surface area contributed by atoms with E-state index < -0.39 is 0 Å². The van der Waals surface area contributed by atoms with E-state index in [1.54, 1.807) is 24.4 Å². The number of para-hydroxylation sites is 1. The summed E-state index contributed by atoms with van der Waals surface area (Å²) in [5.74, 6) is -0.459. The summed E-state index contributed by atoms with van der Waals surface area (Å²) in [4.78, 5) is 17.2. The van der Waals surface area contributed by atoms with Crippen LogP contribution in [0, 0.1) is 5.82 Å². The normalized spacial score (nSPS) is 16.8. The van der Waals surface area contributed by atoms with Gasteiger partial charge in [-0.3, -0.25) is 4.79 Å². The van der Waals surface area contributed by atoms with Crippen LogP contribution in [-0.4, -0.2) is 40.2 Å². The Morgan fingerprint density at radius 2 is 1.96 bits per heavy atom. The molecule has 0 radical (unpaired) electrons. The van der Waals surface area contributed by atoms with Crippen molar-refractivity contribution < 1.29 is 9.18 Å². The van der Waals surface area contributed by atoms with E-state index in [1.807, 2.05) is 31.0 Å². The van der Waals surface area contributed by atoms with E-state index >= 15 is 0 Å². The smallest absolute Gasteiger partial charge is 0.274 e. The number of hydrogen-bond donors (Lipinski definition) is 0. The highest BCUT2D eigenvalue weighted by atomic mass is 19.1.